The van der Waals surface area contributed by atoms with Crippen molar-refractivity contribution in [1.29, 1.82) is 0 Å². The van der Waals surface area contributed by atoms with Gasteiger partial charge in [0.1, 0.15) is 11.0 Å². The molecule has 0 aliphatic heterocycles. The van der Waals surface area contributed by atoms with Gasteiger partial charge in [-0.25, -0.2) is 22.0 Å². The number of carbonyl (C=O) groups excluding carboxylic acids is 1. The van der Waals surface area contributed by atoms with E-state index in [0.717, 1.165) is 0 Å². The van der Waals surface area contributed by atoms with Gasteiger partial charge in [-0.1, -0.05) is 20.8 Å². The van der Waals surface area contributed by atoms with E-state index in [4.69, 9.17) is 4.74 Å². The lowest BCUT2D eigenvalue weighted by Crippen LogP contribution is -2.57. The summed E-state index contributed by atoms with van der Waals surface area (Å²) in [7, 11) is 0. The summed E-state index contributed by atoms with van der Waals surface area (Å²) in [5.41, 5.74) is -8.05. The number of esters is 1. The van der Waals surface area contributed by atoms with E-state index in [1.165, 1.54) is 27.7 Å². The van der Waals surface area contributed by atoms with Gasteiger partial charge in [0.15, 0.2) is 23.3 Å². The van der Waals surface area contributed by atoms with E-state index < -0.39 is 68.1 Å². The molecule has 31 heavy (non-hydrogen) atoms. The number of benzene rings is 1. The van der Waals surface area contributed by atoms with Crippen LogP contribution in [0.2, 0.25) is 0 Å². The molecule has 2 saturated carbocycles. The molecule has 174 valence electrons. The Hall–Kier alpha value is -1.70. The molecule has 0 spiro atoms. The summed E-state index contributed by atoms with van der Waals surface area (Å²) in [4.78, 5) is 13.7. The molecule has 0 radical (unpaired) electrons. The molecule has 0 unspecified atom stereocenters. The molecule has 1 aromatic carbocycles. The maximum Gasteiger partial charge on any atom is 0.318 e. The zero-order chi connectivity index (χ0) is 23.9. The van der Waals surface area contributed by atoms with Gasteiger partial charge >= 0.3 is 5.97 Å². The van der Waals surface area contributed by atoms with Gasteiger partial charge in [0, 0.05) is 5.56 Å². The predicted octanol–water partition coefficient (Wildman–Crippen LogP) is 5.56. The largest absolute Gasteiger partial charge is 0.456 e. The first-order chi connectivity index (χ1) is 13.9. The van der Waals surface area contributed by atoms with Crippen LogP contribution >= 0.6 is 0 Å². The lowest BCUT2D eigenvalue weighted by molar-refractivity contribution is -0.193. The molecule has 0 heterocycles. The van der Waals surface area contributed by atoms with Gasteiger partial charge in [-0.15, -0.1) is 0 Å². The maximum atomic E-state index is 15.1. The summed E-state index contributed by atoms with van der Waals surface area (Å²) < 4.78 is 78.0. The van der Waals surface area contributed by atoms with Gasteiger partial charge in [-0.05, 0) is 63.7 Å². The van der Waals surface area contributed by atoms with E-state index in [-0.39, 0.29) is 12.3 Å². The Balaban J connectivity index is 2.35. The third-order valence-electron chi connectivity index (χ3n) is 8.74. The van der Waals surface area contributed by atoms with Gasteiger partial charge in [-0.3, -0.25) is 4.79 Å². The van der Waals surface area contributed by atoms with Crippen molar-refractivity contribution >= 4 is 5.97 Å². The SMILES string of the molecule is CC(C)(O)C(C)(C)OC(=O)[C@]1(c2c(F)c(F)c(F)c(F)c2F)C[C@H]2CC[C@@]1(C)C2(C)C. The first kappa shape index (κ1) is 24.0. The molecule has 2 bridgehead atoms. The number of hydrogen-bond acceptors (Lipinski definition) is 3. The summed E-state index contributed by atoms with van der Waals surface area (Å²) in [6.45, 7) is 11.0. The molecular formula is C23H29F5O3. The molecule has 3 rings (SSSR count). The van der Waals surface area contributed by atoms with Crippen molar-refractivity contribution in [3.05, 3.63) is 34.6 Å². The van der Waals surface area contributed by atoms with Crippen molar-refractivity contribution in [2.24, 2.45) is 16.7 Å². The minimum absolute atomic E-state index is 0.115. The average Bonchev–Trinajstić information content (AvgIpc) is 2.96. The van der Waals surface area contributed by atoms with E-state index in [9.17, 15) is 23.1 Å². The number of halogens is 5. The minimum atomic E-state index is -2.27. The number of fused-ring (bicyclic) bond motifs is 2. The van der Waals surface area contributed by atoms with Crippen LogP contribution in [0.15, 0.2) is 0 Å². The fourth-order valence-electron chi connectivity index (χ4n) is 5.52. The highest BCUT2D eigenvalue weighted by atomic mass is 19.2. The van der Waals surface area contributed by atoms with Crippen LogP contribution in [-0.2, 0) is 14.9 Å². The first-order valence-corrected chi connectivity index (χ1v) is 10.3. The van der Waals surface area contributed by atoms with Crippen LogP contribution in [0.1, 0.15) is 73.3 Å². The summed E-state index contributed by atoms with van der Waals surface area (Å²) in [5, 5.41) is 10.4. The van der Waals surface area contributed by atoms with Crippen LogP contribution in [0.3, 0.4) is 0 Å². The molecule has 3 atom stereocenters. The Morgan fingerprint density at radius 2 is 1.39 bits per heavy atom. The highest BCUT2D eigenvalue weighted by Crippen LogP contribution is 2.74. The van der Waals surface area contributed by atoms with Crippen LogP contribution in [0.4, 0.5) is 22.0 Å². The van der Waals surface area contributed by atoms with Crippen molar-refractivity contribution in [3.8, 4) is 0 Å². The van der Waals surface area contributed by atoms with Crippen LogP contribution in [0.25, 0.3) is 0 Å². The number of hydrogen-bond donors (Lipinski definition) is 1. The van der Waals surface area contributed by atoms with Gasteiger partial charge in [0.25, 0.3) is 0 Å². The van der Waals surface area contributed by atoms with Gasteiger partial charge in [0.05, 0.1) is 5.60 Å². The number of rotatable bonds is 4. The van der Waals surface area contributed by atoms with Crippen LogP contribution in [0.5, 0.6) is 0 Å². The van der Waals surface area contributed by atoms with Gasteiger partial charge in [-0.2, -0.15) is 0 Å². The Kier molecular flexibility index (Phi) is 5.14. The molecule has 2 aliphatic carbocycles. The Bertz CT molecular complexity index is 921. The topological polar surface area (TPSA) is 46.5 Å². The lowest BCUT2D eigenvalue weighted by Gasteiger charge is -2.49. The number of ether oxygens (including phenoxy) is 1. The third kappa shape index (κ3) is 2.82. The Labute approximate surface area is 179 Å². The highest BCUT2D eigenvalue weighted by molar-refractivity contribution is 5.86. The maximum absolute atomic E-state index is 15.1. The molecule has 1 aromatic rings. The quantitative estimate of drug-likeness (QED) is 0.284. The van der Waals surface area contributed by atoms with Crippen molar-refractivity contribution in [3.63, 3.8) is 0 Å². The second kappa shape index (κ2) is 6.65. The smallest absolute Gasteiger partial charge is 0.318 e. The normalized spacial score (nSPS) is 30.0. The zero-order valence-electron chi connectivity index (χ0n) is 18.9. The fourth-order valence-corrected chi connectivity index (χ4v) is 5.52. The summed E-state index contributed by atoms with van der Waals surface area (Å²) >= 11 is 0. The Morgan fingerprint density at radius 3 is 1.74 bits per heavy atom. The lowest BCUT2D eigenvalue weighted by atomic mass is 9.55. The molecule has 1 N–H and O–H groups in total. The molecule has 0 amide bonds. The molecule has 8 heteroatoms. The molecule has 2 fully saturated rings. The highest BCUT2D eigenvalue weighted by Gasteiger charge is 2.74. The second-order valence-corrected chi connectivity index (χ2v) is 10.8. The molecule has 3 nitrogen and oxygen atoms in total. The second-order valence-electron chi connectivity index (χ2n) is 10.8. The average molecular weight is 448 g/mol. The molecule has 2 aliphatic rings. The number of carbonyl (C=O) groups is 1. The molecular weight excluding hydrogens is 419 g/mol. The number of aliphatic hydroxyl groups is 1. The van der Waals surface area contributed by atoms with Crippen LogP contribution in [0, 0.1) is 45.8 Å². The zero-order valence-corrected chi connectivity index (χ0v) is 18.9. The van der Waals surface area contributed by atoms with E-state index in [0.29, 0.717) is 12.8 Å². The monoisotopic (exact) mass is 448 g/mol. The van der Waals surface area contributed by atoms with E-state index in [2.05, 4.69) is 0 Å². The van der Waals surface area contributed by atoms with Crippen LogP contribution in [-0.4, -0.2) is 22.3 Å². The van der Waals surface area contributed by atoms with Crippen LogP contribution < -0.4 is 0 Å². The van der Waals surface area contributed by atoms with Crippen molar-refractivity contribution < 1.29 is 36.6 Å². The van der Waals surface area contributed by atoms with E-state index >= 15 is 8.78 Å². The first-order valence-electron chi connectivity index (χ1n) is 10.3. The third-order valence-corrected chi connectivity index (χ3v) is 8.74. The van der Waals surface area contributed by atoms with Gasteiger partial charge < -0.3 is 9.84 Å². The van der Waals surface area contributed by atoms with E-state index in [1.807, 2.05) is 13.8 Å². The molecule has 0 saturated heterocycles. The summed E-state index contributed by atoms with van der Waals surface area (Å²) in [6.07, 6.45) is 0.890. The molecule has 0 aromatic heterocycles. The van der Waals surface area contributed by atoms with Crippen molar-refractivity contribution in [2.75, 3.05) is 0 Å². The minimum Gasteiger partial charge on any atom is -0.456 e. The van der Waals surface area contributed by atoms with Crippen molar-refractivity contribution in [2.45, 2.75) is 84.3 Å². The Morgan fingerprint density at radius 1 is 0.935 bits per heavy atom. The van der Waals surface area contributed by atoms with E-state index in [1.54, 1.807) is 6.92 Å². The standard InChI is InChI=1S/C23H29F5O3/c1-19(2)11-8-9-22(19,7)23(10-11,18(29)31-21(5,6)20(3,4)30)12-13(24)15(26)17(28)16(27)14(12)25/h11,30H,8-10H2,1-7H3/t11-,22+,23-/m1/s1. The fraction of sp³-hybridized carbons (Fsp3) is 0.696. The summed E-state index contributed by atoms with van der Waals surface area (Å²) in [5.74, 6) is -11.8. The van der Waals surface area contributed by atoms with Gasteiger partial charge in [0.2, 0.25) is 5.82 Å². The predicted molar refractivity (Wildman–Crippen MR) is 104 cm³/mol. The summed E-state index contributed by atoms with van der Waals surface area (Å²) in [6, 6.07) is 0. The van der Waals surface area contributed by atoms with Crippen molar-refractivity contribution in [1.82, 2.24) is 0 Å².